The molecule has 0 spiro atoms. The van der Waals surface area contributed by atoms with Crippen LogP contribution < -0.4 is 0 Å². The molecule has 2 atom stereocenters. The standard InChI is InChI=1S/C15H28O2/c1-3-4-5-6-10-15(16)14-9-7-8-13(14)11-12-17-2/h13-14H,3-12H2,1-2H3. The lowest BCUT2D eigenvalue weighted by Crippen LogP contribution is -2.20. The molecule has 17 heavy (non-hydrogen) atoms. The molecular formula is C15H28O2. The number of unbranched alkanes of at least 4 members (excludes halogenated alkanes) is 3. The maximum atomic E-state index is 12.1. The van der Waals surface area contributed by atoms with Crippen LogP contribution in [0.5, 0.6) is 0 Å². The van der Waals surface area contributed by atoms with Crippen molar-refractivity contribution in [2.24, 2.45) is 11.8 Å². The minimum atomic E-state index is 0.353. The lowest BCUT2D eigenvalue weighted by Gasteiger charge is -2.18. The molecule has 1 saturated carbocycles. The van der Waals surface area contributed by atoms with Crippen LogP contribution in [0.1, 0.15) is 64.7 Å². The molecule has 0 aliphatic heterocycles. The van der Waals surface area contributed by atoms with Gasteiger partial charge in [0, 0.05) is 26.1 Å². The summed E-state index contributed by atoms with van der Waals surface area (Å²) in [6, 6.07) is 0. The fourth-order valence-corrected chi connectivity index (χ4v) is 2.99. The van der Waals surface area contributed by atoms with Crippen molar-refractivity contribution in [3.8, 4) is 0 Å². The van der Waals surface area contributed by atoms with Crippen molar-refractivity contribution in [2.75, 3.05) is 13.7 Å². The molecule has 0 aromatic heterocycles. The SMILES string of the molecule is CCCCCCC(=O)C1CCCC1CCOC. The highest BCUT2D eigenvalue weighted by atomic mass is 16.5. The first-order valence-corrected chi connectivity index (χ1v) is 7.31. The molecule has 1 aliphatic rings. The molecule has 0 heterocycles. The summed E-state index contributed by atoms with van der Waals surface area (Å²) in [5.74, 6) is 1.49. The molecule has 0 radical (unpaired) electrons. The van der Waals surface area contributed by atoms with E-state index >= 15 is 0 Å². The summed E-state index contributed by atoms with van der Waals surface area (Å²) < 4.78 is 5.13. The molecule has 0 amide bonds. The van der Waals surface area contributed by atoms with Crippen LogP contribution in [0.15, 0.2) is 0 Å². The van der Waals surface area contributed by atoms with Crippen LogP contribution in [-0.4, -0.2) is 19.5 Å². The predicted octanol–water partition coefficient (Wildman–Crippen LogP) is 3.98. The maximum Gasteiger partial charge on any atom is 0.136 e. The smallest absolute Gasteiger partial charge is 0.136 e. The fraction of sp³-hybridized carbons (Fsp3) is 0.933. The summed E-state index contributed by atoms with van der Waals surface area (Å²) in [6.45, 7) is 3.02. The molecular weight excluding hydrogens is 212 g/mol. The fourth-order valence-electron chi connectivity index (χ4n) is 2.99. The van der Waals surface area contributed by atoms with E-state index < -0.39 is 0 Å². The highest BCUT2D eigenvalue weighted by Gasteiger charge is 2.31. The van der Waals surface area contributed by atoms with Gasteiger partial charge < -0.3 is 4.74 Å². The van der Waals surface area contributed by atoms with Gasteiger partial charge in [0.25, 0.3) is 0 Å². The Balaban J connectivity index is 2.24. The molecule has 0 aromatic carbocycles. The molecule has 2 nitrogen and oxygen atoms in total. The van der Waals surface area contributed by atoms with E-state index in [2.05, 4.69) is 6.92 Å². The van der Waals surface area contributed by atoms with E-state index in [9.17, 15) is 4.79 Å². The quantitative estimate of drug-likeness (QED) is 0.570. The molecule has 2 unspecified atom stereocenters. The number of hydrogen-bond donors (Lipinski definition) is 0. The van der Waals surface area contributed by atoms with Gasteiger partial charge in [0.1, 0.15) is 5.78 Å². The van der Waals surface area contributed by atoms with Crippen molar-refractivity contribution >= 4 is 5.78 Å². The first-order chi connectivity index (χ1) is 8.29. The van der Waals surface area contributed by atoms with Crippen LogP contribution in [0.2, 0.25) is 0 Å². The molecule has 1 aliphatic carbocycles. The Labute approximate surface area is 106 Å². The Morgan fingerprint density at radius 2 is 2.06 bits per heavy atom. The molecule has 1 fully saturated rings. The third-order valence-corrected chi connectivity index (χ3v) is 4.04. The number of hydrogen-bond acceptors (Lipinski definition) is 2. The van der Waals surface area contributed by atoms with Gasteiger partial charge in [-0.25, -0.2) is 0 Å². The van der Waals surface area contributed by atoms with Gasteiger partial charge in [-0.2, -0.15) is 0 Å². The highest BCUT2D eigenvalue weighted by Crippen LogP contribution is 2.35. The van der Waals surface area contributed by atoms with Gasteiger partial charge in [-0.15, -0.1) is 0 Å². The second kappa shape index (κ2) is 8.68. The molecule has 0 aromatic rings. The Bertz CT molecular complexity index is 213. The lowest BCUT2D eigenvalue weighted by molar-refractivity contribution is -0.124. The van der Waals surface area contributed by atoms with Crippen molar-refractivity contribution in [2.45, 2.75) is 64.7 Å². The van der Waals surface area contributed by atoms with E-state index in [-0.39, 0.29) is 0 Å². The first kappa shape index (κ1) is 14.7. The number of carbonyl (C=O) groups is 1. The number of ether oxygens (including phenoxy) is 1. The number of carbonyl (C=O) groups excluding carboxylic acids is 1. The van der Waals surface area contributed by atoms with Crippen LogP contribution in [-0.2, 0) is 9.53 Å². The summed E-state index contributed by atoms with van der Waals surface area (Å²) in [7, 11) is 1.75. The zero-order valence-corrected chi connectivity index (χ0v) is 11.5. The largest absolute Gasteiger partial charge is 0.385 e. The first-order valence-electron chi connectivity index (χ1n) is 7.31. The van der Waals surface area contributed by atoms with Crippen molar-refractivity contribution in [1.29, 1.82) is 0 Å². The third-order valence-electron chi connectivity index (χ3n) is 4.04. The molecule has 0 saturated heterocycles. The maximum absolute atomic E-state index is 12.1. The second-order valence-corrected chi connectivity index (χ2v) is 5.36. The number of Topliss-reactive ketones (excluding diaryl/α,β-unsaturated/α-hetero) is 1. The Hall–Kier alpha value is -0.370. The van der Waals surface area contributed by atoms with Crippen molar-refractivity contribution in [3.63, 3.8) is 0 Å². The zero-order chi connectivity index (χ0) is 12.5. The Morgan fingerprint density at radius 3 is 2.76 bits per heavy atom. The summed E-state index contributed by atoms with van der Waals surface area (Å²) in [5.41, 5.74) is 0. The molecule has 100 valence electrons. The van der Waals surface area contributed by atoms with Crippen LogP contribution in [0.4, 0.5) is 0 Å². The number of ketones is 1. The van der Waals surface area contributed by atoms with E-state index in [0.717, 1.165) is 32.3 Å². The highest BCUT2D eigenvalue weighted by molar-refractivity contribution is 5.81. The number of rotatable bonds is 9. The molecule has 1 rings (SSSR count). The second-order valence-electron chi connectivity index (χ2n) is 5.36. The summed E-state index contributed by atoms with van der Waals surface area (Å²) in [4.78, 5) is 12.1. The molecule has 2 heteroatoms. The van der Waals surface area contributed by atoms with E-state index in [0.29, 0.717) is 17.6 Å². The van der Waals surface area contributed by atoms with E-state index in [1.807, 2.05) is 0 Å². The minimum absolute atomic E-state index is 0.353. The van der Waals surface area contributed by atoms with Crippen LogP contribution in [0.25, 0.3) is 0 Å². The van der Waals surface area contributed by atoms with Gasteiger partial charge in [-0.3, -0.25) is 4.79 Å². The monoisotopic (exact) mass is 240 g/mol. The van der Waals surface area contributed by atoms with Gasteiger partial charge in [-0.1, -0.05) is 32.6 Å². The summed E-state index contributed by atoms with van der Waals surface area (Å²) in [5, 5.41) is 0. The Kier molecular flexibility index (Phi) is 7.50. The average Bonchev–Trinajstić information content (AvgIpc) is 2.80. The predicted molar refractivity (Wildman–Crippen MR) is 71.1 cm³/mol. The zero-order valence-electron chi connectivity index (χ0n) is 11.5. The van der Waals surface area contributed by atoms with Crippen molar-refractivity contribution in [3.05, 3.63) is 0 Å². The Morgan fingerprint density at radius 1 is 1.24 bits per heavy atom. The third kappa shape index (κ3) is 5.20. The van der Waals surface area contributed by atoms with E-state index in [1.165, 1.54) is 32.1 Å². The van der Waals surface area contributed by atoms with Crippen molar-refractivity contribution in [1.82, 2.24) is 0 Å². The summed E-state index contributed by atoms with van der Waals surface area (Å²) >= 11 is 0. The average molecular weight is 240 g/mol. The lowest BCUT2D eigenvalue weighted by atomic mass is 9.87. The molecule has 0 N–H and O–H groups in total. The van der Waals surface area contributed by atoms with E-state index in [4.69, 9.17) is 4.74 Å². The summed E-state index contributed by atoms with van der Waals surface area (Å²) in [6.07, 6.45) is 10.3. The van der Waals surface area contributed by atoms with Gasteiger partial charge >= 0.3 is 0 Å². The van der Waals surface area contributed by atoms with Crippen LogP contribution >= 0.6 is 0 Å². The van der Waals surface area contributed by atoms with Gasteiger partial charge in [0.05, 0.1) is 0 Å². The van der Waals surface area contributed by atoms with Gasteiger partial charge in [0.2, 0.25) is 0 Å². The van der Waals surface area contributed by atoms with Crippen LogP contribution in [0.3, 0.4) is 0 Å². The molecule has 0 bridgehead atoms. The topological polar surface area (TPSA) is 26.3 Å². The van der Waals surface area contributed by atoms with Crippen LogP contribution in [0, 0.1) is 11.8 Å². The van der Waals surface area contributed by atoms with Gasteiger partial charge in [-0.05, 0) is 31.6 Å². The number of methoxy groups -OCH3 is 1. The normalized spacial score (nSPS) is 24.1. The van der Waals surface area contributed by atoms with Crippen molar-refractivity contribution < 1.29 is 9.53 Å². The van der Waals surface area contributed by atoms with E-state index in [1.54, 1.807) is 7.11 Å². The minimum Gasteiger partial charge on any atom is -0.385 e. The van der Waals surface area contributed by atoms with Gasteiger partial charge in [0.15, 0.2) is 0 Å².